The fourth-order valence-corrected chi connectivity index (χ4v) is 3.02. The van der Waals surface area contributed by atoms with E-state index >= 15 is 0 Å². The maximum atomic E-state index is 6.25. The van der Waals surface area contributed by atoms with Gasteiger partial charge < -0.3 is 10.5 Å². The van der Waals surface area contributed by atoms with Crippen LogP contribution in [-0.4, -0.2) is 31.1 Å². The van der Waals surface area contributed by atoms with E-state index in [-0.39, 0.29) is 6.04 Å². The van der Waals surface area contributed by atoms with E-state index in [1.54, 1.807) is 7.11 Å². The van der Waals surface area contributed by atoms with Crippen molar-refractivity contribution in [2.75, 3.05) is 20.2 Å². The number of nitrogens with two attached hydrogens (primary N) is 1. The van der Waals surface area contributed by atoms with Crippen LogP contribution in [0.2, 0.25) is 0 Å². The van der Waals surface area contributed by atoms with Gasteiger partial charge in [0.05, 0.1) is 7.11 Å². The van der Waals surface area contributed by atoms with E-state index in [0.29, 0.717) is 6.04 Å². The number of hydrogen-bond donors (Lipinski definition) is 1. The van der Waals surface area contributed by atoms with Crippen molar-refractivity contribution in [3.05, 3.63) is 29.8 Å². The summed E-state index contributed by atoms with van der Waals surface area (Å²) in [6.45, 7) is 4.44. The molecular formula is C16H26N2O. The van der Waals surface area contributed by atoms with E-state index in [1.807, 2.05) is 12.1 Å². The molecule has 1 heterocycles. The van der Waals surface area contributed by atoms with Gasteiger partial charge in [0.15, 0.2) is 0 Å². The molecule has 1 fully saturated rings. The molecule has 0 radical (unpaired) electrons. The van der Waals surface area contributed by atoms with Crippen LogP contribution in [0.5, 0.6) is 5.75 Å². The van der Waals surface area contributed by atoms with E-state index in [4.69, 9.17) is 10.5 Å². The van der Waals surface area contributed by atoms with Crippen LogP contribution < -0.4 is 10.5 Å². The van der Waals surface area contributed by atoms with Crippen molar-refractivity contribution in [1.29, 1.82) is 0 Å². The number of rotatable bonds is 4. The van der Waals surface area contributed by atoms with Crippen LogP contribution in [0, 0.1) is 0 Å². The average molecular weight is 262 g/mol. The summed E-state index contributed by atoms with van der Waals surface area (Å²) in [6, 6.07) is 8.83. The third-order valence-corrected chi connectivity index (χ3v) is 3.99. The zero-order valence-corrected chi connectivity index (χ0v) is 12.1. The standard InChI is InChI=1S/C16H26N2O/c1-13(17)16(18-11-5-3-4-6-12-18)14-7-9-15(19-2)10-8-14/h7-10,13,16H,3-6,11-12,17H2,1-2H3. The number of nitrogens with zero attached hydrogens (tertiary/aromatic N) is 1. The Morgan fingerprint density at radius 1 is 1.05 bits per heavy atom. The Kier molecular flexibility index (Phi) is 5.23. The van der Waals surface area contributed by atoms with Crippen LogP contribution >= 0.6 is 0 Å². The van der Waals surface area contributed by atoms with Crippen LogP contribution in [-0.2, 0) is 0 Å². The first kappa shape index (κ1) is 14.4. The number of hydrogen-bond acceptors (Lipinski definition) is 3. The van der Waals surface area contributed by atoms with Crippen molar-refractivity contribution in [2.45, 2.75) is 44.7 Å². The Morgan fingerprint density at radius 3 is 2.11 bits per heavy atom. The van der Waals surface area contributed by atoms with Gasteiger partial charge in [-0.25, -0.2) is 0 Å². The van der Waals surface area contributed by atoms with Crippen LogP contribution in [0.15, 0.2) is 24.3 Å². The molecule has 0 bridgehead atoms. The van der Waals surface area contributed by atoms with Crippen LogP contribution in [0.1, 0.15) is 44.2 Å². The monoisotopic (exact) mass is 262 g/mol. The molecule has 106 valence electrons. The molecule has 1 aromatic carbocycles. The van der Waals surface area contributed by atoms with Gasteiger partial charge in [0.2, 0.25) is 0 Å². The predicted molar refractivity (Wildman–Crippen MR) is 79.4 cm³/mol. The summed E-state index contributed by atoms with van der Waals surface area (Å²) >= 11 is 0. The smallest absolute Gasteiger partial charge is 0.118 e. The molecule has 2 N–H and O–H groups in total. The second-order valence-corrected chi connectivity index (χ2v) is 5.53. The normalized spacial score (nSPS) is 20.6. The Bertz CT molecular complexity index is 367. The lowest BCUT2D eigenvalue weighted by atomic mass is 9.98. The highest BCUT2D eigenvalue weighted by Crippen LogP contribution is 2.27. The summed E-state index contributed by atoms with van der Waals surface area (Å²) in [7, 11) is 1.70. The lowest BCUT2D eigenvalue weighted by molar-refractivity contribution is 0.183. The van der Waals surface area contributed by atoms with E-state index in [9.17, 15) is 0 Å². The van der Waals surface area contributed by atoms with Gasteiger partial charge in [0.25, 0.3) is 0 Å². The second-order valence-electron chi connectivity index (χ2n) is 5.53. The number of benzene rings is 1. The summed E-state index contributed by atoms with van der Waals surface area (Å²) in [4.78, 5) is 2.56. The Morgan fingerprint density at radius 2 is 1.63 bits per heavy atom. The first-order valence-electron chi connectivity index (χ1n) is 7.36. The van der Waals surface area contributed by atoms with Gasteiger partial charge >= 0.3 is 0 Å². The van der Waals surface area contributed by atoms with Crippen LogP contribution in [0.4, 0.5) is 0 Å². The fourth-order valence-electron chi connectivity index (χ4n) is 3.02. The van der Waals surface area contributed by atoms with Crippen molar-refractivity contribution in [1.82, 2.24) is 4.90 Å². The van der Waals surface area contributed by atoms with Gasteiger partial charge in [-0.15, -0.1) is 0 Å². The minimum Gasteiger partial charge on any atom is -0.497 e. The summed E-state index contributed by atoms with van der Waals surface area (Å²) in [5.74, 6) is 0.906. The predicted octanol–water partition coefficient (Wildman–Crippen LogP) is 2.96. The molecule has 1 aliphatic heterocycles. The zero-order chi connectivity index (χ0) is 13.7. The molecule has 0 spiro atoms. The second kappa shape index (κ2) is 6.92. The SMILES string of the molecule is COc1ccc(C(C(C)N)N2CCCCCC2)cc1. The third-order valence-electron chi connectivity index (χ3n) is 3.99. The molecule has 3 heteroatoms. The first-order chi connectivity index (χ1) is 9.22. The summed E-state index contributed by atoms with van der Waals surface area (Å²) in [5, 5.41) is 0. The quantitative estimate of drug-likeness (QED) is 0.906. The average Bonchev–Trinajstić information content (AvgIpc) is 2.68. The van der Waals surface area contributed by atoms with Crippen molar-refractivity contribution < 1.29 is 4.74 Å². The molecule has 1 aromatic rings. The highest BCUT2D eigenvalue weighted by atomic mass is 16.5. The number of methoxy groups -OCH3 is 1. The van der Waals surface area contributed by atoms with Crippen LogP contribution in [0.25, 0.3) is 0 Å². The number of ether oxygens (including phenoxy) is 1. The van der Waals surface area contributed by atoms with Crippen molar-refractivity contribution in [3.63, 3.8) is 0 Å². The van der Waals surface area contributed by atoms with E-state index in [1.165, 1.54) is 31.2 Å². The Labute approximate surface area is 116 Å². The number of likely N-dealkylation sites (tertiary alicyclic amines) is 1. The van der Waals surface area contributed by atoms with E-state index in [0.717, 1.165) is 18.8 Å². The zero-order valence-electron chi connectivity index (χ0n) is 12.1. The van der Waals surface area contributed by atoms with Crippen LogP contribution in [0.3, 0.4) is 0 Å². The largest absolute Gasteiger partial charge is 0.497 e. The van der Waals surface area contributed by atoms with E-state index < -0.39 is 0 Å². The van der Waals surface area contributed by atoms with Gasteiger partial charge in [-0.05, 0) is 50.6 Å². The van der Waals surface area contributed by atoms with Crippen molar-refractivity contribution in [3.8, 4) is 5.75 Å². The fraction of sp³-hybridized carbons (Fsp3) is 0.625. The topological polar surface area (TPSA) is 38.5 Å². The molecule has 0 saturated carbocycles. The molecule has 0 amide bonds. The molecule has 3 nitrogen and oxygen atoms in total. The molecule has 19 heavy (non-hydrogen) atoms. The Balaban J connectivity index is 2.17. The molecule has 1 aliphatic rings. The molecule has 0 aromatic heterocycles. The molecule has 0 aliphatic carbocycles. The van der Waals surface area contributed by atoms with Gasteiger partial charge in [-0.1, -0.05) is 25.0 Å². The molecule has 2 unspecified atom stereocenters. The Hall–Kier alpha value is -1.06. The highest BCUT2D eigenvalue weighted by Gasteiger charge is 2.24. The van der Waals surface area contributed by atoms with Crippen molar-refractivity contribution in [2.24, 2.45) is 5.73 Å². The van der Waals surface area contributed by atoms with Gasteiger partial charge in [-0.2, -0.15) is 0 Å². The molecular weight excluding hydrogens is 236 g/mol. The summed E-state index contributed by atoms with van der Waals surface area (Å²) in [6.07, 6.45) is 5.29. The minimum absolute atomic E-state index is 0.145. The third kappa shape index (κ3) is 3.71. The molecule has 1 saturated heterocycles. The highest BCUT2D eigenvalue weighted by molar-refractivity contribution is 5.30. The lowest BCUT2D eigenvalue weighted by Crippen LogP contribution is -2.40. The maximum absolute atomic E-state index is 6.25. The molecule has 2 atom stereocenters. The lowest BCUT2D eigenvalue weighted by Gasteiger charge is -2.33. The molecule has 2 rings (SSSR count). The summed E-state index contributed by atoms with van der Waals surface area (Å²) in [5.41, 5.74) is 7.55. The first-order valence-corrected chi connectivity index (χ1v) is 7.36. The maximum Gasteiger partial charge on any atom is 0.118 e. The van der Waals surface area contributed by atoms with Crippen molar-refractivity contribution >= 4 is 0 Å². The van der Waals surface area contributed by atoms with E-state index in [2.05, 4.69) is 24.0 Å². The van der Waals surface area contributed by atoms with Gasteiger partial charge in [-0.3, -0.25) is 4.90 Å². The summed E-state index contributed by atoms with van der Waals surface area (Å²) < 4.78 is 5.23. The van der Waals surface area contributed by atoms with Gasteiger partial charge in [0, 0.05) is 12.1 Å². The minimum atomic E-state index is 0.145. The van der Waals surface area contributed by atoms with Gasteiger partial charge in [0.1, 0.15) is 5.75 Å².